The second kappa shape index (κ2) is 4.35. The van der Waals surface area contributed by atoms with E-state index in [1.807, 2.05) is 0 Å². The van der Waals surface area contributed by atoms with E-state index in [9.17, 15) is 0 Å². The molecule has 0 amide bonds. The van der Waals surface area contributed by atoms with Crippen molar-refractivity contribution in [1.29, 1.82) is 0 Å². The Bertz CT molecular complexity index is 500. The third kappa shape index (κ3) is 2.23. The lowest BCUT2D eigenvalue weighted by Crippen LogP contribution is -1.89. The van der Waals surface area contributed by atoms with Gasteiger partial charge in [-0.25, -0.2) is 9.97 Å². The van der Waals surface area contributed by atoms with Crippen LogP contribution in [0, 0.1) is 0 Å². The highest BCUT2D eigenvalue weighted by Gasteiger charge is 2.09. The highest BCUT2D eigenvalue weighted by Crippen LogP contribution is 2.31. The minimum Gasteiger partial charge on any atom is -0.236 e. The zero-order valence-electron chi connectivity index (χ0n) is 7.42. The summed E-state index contributed by atoms with van der Waals surface area (Å²) in [6.07, 6.45) is 1.57. The Kier molecular flexibility index (Phi) is 3.10. The predicted octanol–water partition coefficient (Wildman–Crippen LogP) is 4.10. The van der Waals surface area contributed by atoms with E-state index < -0.39 is 0 Å². The molecule has 0 saturated heterocycles. The molecule has 2 rings (SSSR count). The minimum atomic E-state index is 0.371. The van der Waals surface area contributed by atoms with Crippen LogP contribution in [-0.4, -0.2) is 9.97 Å². The molecular weight excluding hydrogens is 254 g/mol. The Hall–Kier alpha value is -0.830. The first-order valence-corrected chi connectivity index (χ1v) is 5.25. The van der Waals surface area contributed by atoms with Gasteiger partial charge >= 0.3 is 0 Å². The third-order valence-corrected chi connectivity index (χ3v) is 2.84. The van der Waals surface area contributed by atoms with Gasteiger partial charge in [0.05, 0.1) is 10.0 Å². The molecule has 0 aliphatic rings. The van der Waals surface area contributed by atoms with Crippen LogP contribution in [0.3, 0.4) is 0 Å². The molecule has 2 nitrogen and oxygen atoms in total. The maximum atomic E-state index is 6.03. The Morgan fingerprint density at radius 2 is 1.80 bits per heavy atom. The number of hydrogen-bond acceptors (Lipinski definition) is 2. The van der Waals surface area contributed by atoms with E-state index in [0.717, 1.165) is 0 Å². The molecule has 0 bridgehead atoms. The van der Waals surface area contributed by atoms with Crippen molar-refractivity contribution in [2.75, 3.05) is 0 Å². The molecule has 1 aromatic carbocycles. The summed E-state index contributed by atoms with van der Waals surface area (Å²) >= 11 is 17.7. The van der Waals surface area contributed by atoms with Crippen molar-refractivity contribution in [3.63, 3.8) is 0 Å². The molecule has 0 unspecified atom stereocenters. The highest BCUT2D eigenvalue weighted by atomic mass is 35.5. The SMILES string of the molecule is Clc1ccnc(-c2cccc(Cl)c2Cl)n1. The lowest BCUT2D eigenvalue weighted by Gasteiger charge is -2.03. The van der Waals surface area contributed by atoms with Crippen LogP contribution in [0.25, 0.3) is 11.4 Å². The second-order valence-electron chi connectivity index (χ2n) is 2.80. The Morgan fingerprint density at radius 1 is 1.00 bits per heavy atom. The van der Waals surface area contributed by atoms with Crippen LogP contribution in [0.15, 0.2) is 30.5 Å². The maximum absolute atomic E-state index is 6.03. The van der Waals surface area contributed by atoms with Gasteiger partial charge in [0.1, 0.15) is 5.15 Å². The normalized spacial score (nSPS) is 10.3. The highest BCUT2D eigenvalue weighted by molar-refractivity contribution is 6.43. The van der Waals surface area contributed by atoms with E-state index in [1.54, 1.807) is 30.5 Å². The van der Waals surface area contributed by atoms with Crippen molar-refractivity contribution in [3.05, 3.63) is 45.7 Å². The van der Waals surface area contributed by atoms with Gasteiger partial charge in [-0.3, -0.25) is 0 Å². The maximum Gasteiger partial charge on any atom is 0.162 e. The lowest BCUT2D eigenvalue weighted by molar-refractivity contribution is 1.18. The largest absolute Gasteiger partial charge is 0.236 e. The van der Waals surface area contributed by atoms with E-state index in [-0.39, 0.29) is 0 Å². The van der Waals surface area contributed by atoms with E-state index in [1.165, 1.54) is 0 Å². The van der Waals surface area contributed by atoms with Gasteiger partial charge in [-0.05, 0) is 18.2 Å². The fourth-order valence-electron chi connectivity index (χ4n) is 1.14. The molecule has 0 aliphatic heterocycles. The summed E-state index contributed by atoms with van der Waals surface area (Å²) in [6.45, 7) is 0. The molecule has 0 saturated carbocycles. The van der Waals surface area contributed by atoms with Crippen molar-refractivity contribution in [2.45, 2.75) is 0 Å². The van der Waals surface area contributed by atoms with Crippen LogP contribution in [-0.2, 0) is 0 Å². The van der Waals surface area contributed by atoms with Crippen LogP contribution >= 0.6 is 34.8 Å². The summed E-state index contributed by atoms with van der Waals surface area (Å²) < 4.78 is 0. The van der Waals surface area contributed by atoms with Crippen LogP contribution in [0.5, 0.6) is 0 Å². The number of benzene rings is 1. The first kappa shape index (κ1) is 10.7. The van der Waals surface area contributed by atoms with Crippen molar-refractivity contribution in [2.24, 2.45) is 0 Å². The van der Waals surface area contributed by atoms with Gasteiger partial charge in [0.15, 0.2) is 5.82 Å². The van der Waals surface area contributed by atoms with E-state index in [0.29, 0.717) is 26.6 Å². The number of halogens is 3. The van der Waals surface area contributed by atoms with Gasteiger partial charge in [0.25, 0.3) is 0 Å². The summed E-state index contributed by atoms with van der Waals surface area (Å²) in [5.41, 5.74) is 0.673. The summed E-state index contributed by atoms with van der Waals surface area (Å²) in [5, 5.41) is 1.27. The van der Waals surface area contributed by atoms with Gasteiger partial charge in [0, 0.05) is 11.8 Å². The van der Waals surface area contributed by atoms with Gasteiger partial charge < -0.3 is 0 Å². The molecule has 0 radical (unpaired) electrons. The van der Waals surface area contributed by atoms with Crippen LogP contribution in [0.1, 0.15) is 0 Å². The first-order valence-electron chi connectivity index (χ1n) is 4.11. The van der Waals surface area contributed by atoms with Gasteiger partial charge in [-0.2, -0.15) is 0 Å². The lowest BCUT2D eigenvalue weighted by atomic mass is 10.2. The molecule has 0 atom stereocenters. The minimum absolute atomic E-state index is 0.371. The molecule has 1 heterocycles. The summed E-state index contributed by atoms with van der Waals surface area (Å²) in [6, 6.07) is 6.88. The molecule has 5 heteroatoms. The molecule has 0 aliphatic carbocycles. The topological polar surface area (TPSA) is 25.8 Å². The fourth-order valence-corrected chi connectivity index (χ4v) is 1.66. The Balaban J connectivity index is 2.59. The van der Waals surface area contributed by atoms with E-state index >= 15 is 0 Å². The second-order valence-corrected chi connectivity index (χ2v) is 3.98. The average molecular weight is 260 g/mol. The van der Waals surface area contributed by atoms with Crippen LogP contribution < -0.4 is 0 Å². The smallest absolute Gasteiger partial charge is 0.162 e. The third-order valence-electron chi connectivity index (χ3n) is 1.81. The number of rotatable bonds is 1. The number of nitrogens with zero attached hydrogens (tertiary/aromatic N) is 2. The molecular formula is C10H5Cl3N2. The van der Waals surface area contributed by atoms with Crippen molar-refractivity contribution in [1.82, 2.24) is 9.97 Å². The van der Waals surface area contributed by atoms with Crippen molar-refractivity contribution < 1.29 is 0 Å². The predicted molar refractivity (Wildman–Crippen MR) is 62.5 cm³/mol. The molecule has 0 N–H and O–H groups in total. The van der Waals surface area contributed by atoms with E-state index in [4.69, 9.17) is 34.8 Å². The van der Waals surface area contributed by atoms with Gasteiger partial charge in [-0.1, -0.05) is 40.9 Å². The van der Waals surface area contributed by atoms with Crippen LogP contribution in [0.4, 0.5) is 0 Å². The fraction of sp³-hybridized carbons (Fsp3) is 0. The quantitative estimate of drug-likeness (QED) is 0.721. The van der Waals surface area contributed by atoms with Crippen LogP contribution in [0.2, 0.25) is 15.2 Å². The average Bonchev–Trinajstić information content (AvgIpc) is 2.22. The Labute approximate surface area is 102 Å². The summed E-state index contributed by atoms with van der Waals surface area (Å²) in [7, 11) is 0. The zero-order chi connectivity index (χ0) is 10.8. The monoisotopic (exact) mass is 258 g/mol. The molecule has 15 heavy (non-hydrogen) atoms. The van der Waals surface area contributed by atoms with Gasteiger partial charge in [0.2, 0.25) is 0 Å². The standard InChI is InChI=1S/C10H5Cl3N2/c11-7-3-1-2-6(9(7)13)10-14-5-4-8(12)15-10/h1-5H. The number of hydrogen-bond donors (Lipinski definition) is 0. The van der Waals surface area contributed by atoms with Crippen molar-refractivity contribution >= 4 is 34.8 Å². The molecule has 0 fully saturated rings. The van der Waals surface area contributed by atoms with Crippen molar-refractivity contribution in [3.8, 4) is 11.4 Å². The summed E-state index contributed by atoms with van der Waals surface area (Å²) in [4.78, 5) is 8.13. The molecule has 1 aromatic heterocycles. The molecule has 76 valence electrons. The Morgan fingerprint density at radius 3 is 2.53 bits per heavy atom. The van der Waals surface area contributed by atoms with Gasteiger partial charge in [-0.15, -0.1) is 0 Å². The zero-order valence-corrected chi connectivity index (χ0v) is 9.68. The first-order chi connectivity index (χ1) is 7.18. The molecule has 2 aromatic rings. The van der Waals surface area contributed by atoms with E-state index in [2.05, 4.69) is 9.97 Å². The summed E-state index contributed by atoms with van der Waals surface area (Å²) in [5.74, 6) is 0.468. The number of aromatic nitrogens is 2. The molecule has 0 spiro atoms.